The van der Waals surface area contributed by atoms with E-state index in [1.165, 1.54) is 23.9 Å². The van der Waals surface area contributed by atoms with E-state index in [-0.39, 0.29) is 23.3 Å². The molecule has 5 aliphatic carbocycles. The Kier molecular flexibility index (Phi) is 4.43. The Hall–Kier alpha value is -2.64. The van der Waals surface area contributed by atoms with Gasteiger partial charge in [-0.15, -0.1) is 5.10 Å². The van der Waals surface area contributed by atoms with Gasteiger partial charge < -0.3 is 10.6 Å². The summed E-state index contributed by atoms with van der Waals surface area (Å²) < 4.78 is 3.26. The van der Waals surface area contributed by atoms with Gasteiger partial charge in [0.2, 0.25) is 0 Å². The van der Waals surface area contributed by atoms with Crippen LogP contribution in [0.2, 0.25) is 0 Å². The molecule has 4 bridgehead atoms. The predicted molar refractivity (Wildman–Crippen MR) is 115 cm³/mol. The van der Waals surface area contributed by atoms with Gasteiger partial charge in [0.25, 0.3) is 0 Å². The monoisotopic (exact) mass is 422 g/mol. The summed E-state index contributed by atoms with van der Waals surface area (Å²) in [5.41, 5.74) is 0.735. The van der Waals surface area contributed by atoms with E-state index in [0.29, 0.717) is 18.9 Å². The smallest absolute Gasteiger partial charge is 0.336 e. The Morgan fingerprint density at radius 2 is 1.84 bits per heavy atom. The number of carbonyl (C=O) groups is 1. The molecule has 0 aromatic carbocycles. The summed E-state index contributed by atoms with van der Waals surface area (Å²) >= 11 is 0. The maximum absolute atomic E-state index is 12.9. The lowest BCUT2D eigenvalue weighted by Gasteiger charge is -2.56. The van der Waals surface area contributed by atoms with Crippen molar-refractivity contribution in [1.29, 1.82) is 0 Å². The van der Waals surface area contributed by atoms with Gasteiger partial charge >= 0.3 is 11.7 Å². The van der Waals surface area contributed by atoms with E-state index in [1.807, 2.05) is 12.1 Å². The van der Waals surface area contributed by atoms with E-state index in [1.54, 1.807) is 17.0 Å². The fourth-order valence-electron chi connectivity index (χ4n) is 6.74. The molecule has 164 valence electrons. The molecule has 0 saturated heterocycles. The number of hydrogen-bond donors (Lipinski definition) is 2. The molecular weight excluding hydrogens is 392 g/mol. The fraction of sp³-hybridized carbons (Fsp3) is 0.652. The van der Waals surface area contributed by atoms with Gasteiger partial charge in [-0.25, -0.2) is 14.3 Å². The van der Waals surface area contributed by atoms with Crippen molar-refractivity contribution in [2.24, 2.45) is 17.8 Å². The van der Waals surface area contributed by atoms with Crippen LogP contribution in [0.3, 0.4) is 0 Å². The van der Waals surface area contributed by atoms with E-state index in [2.05, 4.69) is 20.7 Å². The van der Waals surface area contributed by atoms with Gasteiger partial charge in [-0.05, 0) is 81.3 Å². The van der Waals surface area contributed by atoms with Crippen molar-refractivity contribution in [3.63, 3.8) is 0 Å². The number of nitrogens with one attached hydrogen (secondary N) is 2. The van der Waals surface area contributed by atoms with Crippen LogP contribution in [0.4, 0.5) is 4.79 Å². The average molecular weight is 423 g/mol. The normalized spacial score (nSPS) is 31.0. The predicted octanol–water partition coefficient (Wildman–Crippen LogP) is 2.71. The highest BCUT2D eigenvalue weighted by atomic mass is 16.2. The molecular formula is C23H30N6O2. The van der Waals surface area contributed by atoms with Crippen molar-refractivity contribution in [3.8, 4) is 11.4 Å². The molecule has 0 unspecified atom stereocenters. The Bertz CT molecular complexity index is 1000. The zero-order valence-corrected chi connectivity index (χ0v) is 17.8. The Morgan fingerprint density at radius 1 is 1.13 bits per heavy atom. The molecule has 8 nitrogen and oxygen atoms in total. The van der Waals surface area contributed by atoms with E-state index in [4.69, 9.17) is 0 Å². The second-order valence-corrected chi connectivity index (χ2v) is 10.3. The molecule has 0 atom stereocenters. The van der Waals surface area contributed by atoms with Gasteiger partial charge in [0, 0.05) is 36.1 Å². The standard InChI is InChI=1S/C23H30N6O2/c30-21(26-23-11-15-8-16(12-23)10-17(9-15)13-23)25-6-7-28-22(31)29(19-3-4-19)20(27-28)18-2-1-5-24-14-18/h1-2,5,14-17,19H,3-4,6-13H2,(H2,25,26,30). The topological polar surface area (TPSA) is 93.8 Å². The highest BCUT2D eigenvalue weighted by Gasteiger charge is 2.51. The minimum atomic E-state index is -0.107. The van der Waals surface area contributed by atoms with Crippen molar-refractivity contribution in [2.45, 2.75) is 69.5 Å². The van der Waals surface area contributed by atoms with Crippen LogP contribution in [0.15, 0.2) is 29.3 Å². The summed E-state index contributed by atoms with van der Waals surface area (Å²) in [7, 11) is 0. The van der Waals surface area contributed by atoms with E-state index in [9.17, 15) is 9.59 Å². The summed E-state index contributed by atoms with van der Waals surface area (Å²) in [4.78, 5) is 29.8. The maximum atomic E-state index is 12.9. The summed E-state index contributed by atoms with van der Waals surface area (Å²) in [5.74, 6) is 3.05. The summed E-state index contributed by atoms with van der Waals surface area (Å²) in [6.07, 6.45) is 12.9. The first-order valence-corrected chi connectivity index (χ1v) is 11.7. The molecule has 5 fully saturated rings. The van der Waals surface area contributed by atoms with Crippen molar-refractivity contribution in [2.75, 3.05) is 6.54 Å². The number of urea groups is 1. The minimum Gasteiger partial charge on any atom is -0.336 e. The highest BCUT2D eigenvalue weighted by Crippen LogP contribution is 2.55. The molecule has 5 saturated carbocycles. The third-order valence-corrected chi connectivity index (χ3v) is 7.73. The lowest BCUT2D eigenvalue weighted by atomic mass is 9.53. The van der Waals surface area contributed by atoms with Gasteiger partial charge in [0.15, 0.2) is 5.82 Å². The molecule has 0 aliphatic heterocycles. The molecule has 2 aromatic rings. The van der Waals surface area contributed by atoms with Crippen LogP contribution < -0.4 is 16.3 Å². The minimum absolute atomic E-state index is 0.00327. The molecule has 0 spiro atoms. The van der Waals surface area contributed by atoms with Crippen molar-refractivity contribution < 1.29 is 4.79 Å². The van der Waals surface area contributed by atoms with Crippen molar-refractivity contribution in [1.82, 2.24) is 30.0 Å². The van der Waals surface area contributed by atoms with Gasteiger partial charge in [0.1, 0.15) is 0 Å². The fourth-order valence-corrected chi connectivity index (χ4v) is 6.74. The van der Waals surface area contributed by atoms with Crippen LogP contribution >= 0.6 is 0 Å². The number of nitrogens with zero attached hydrogens (tertiary/aromatic N) is 4. The largest absolute Gasteiger partial charge is 0.346 e. The van der Waals surface area contributed by atoms with Crippen LogP contribution in [0, 0.1) is 17.8 Å². The van der Waals surface area contributed by atoms with Gasteiger partial charge in [0.05, 0.1) is 6.54 Å². The van der Waals surface area contributed by atoms with Crippen molar-refractivity contribution >= 4 is 6.03 Å². The number of pyridine rings is 1. The third-order valence-electron chi connectivity index (χ3n) is 7.73. The Balaban J connectivity index is 1.11. The lowest BCUT2D eigenvalue weighted by molar-refractivity contribution is -0.0135. The Morgan fingerprint density at radius 3 is 2.45 bits per heavy atom. The molecule has 31 heavy (non-hydrogen) atoms. The number of aromatic nitrogens is 4. The van der Waals surface area contributed by atoms with Crippen LogP contribution in [-0.2, 0) is 6.54 Å². The average Bonchev–Trinajstić information content (AvgIpc) is 3.51. The molecule has 0 radical (unpaired) electrons. The number of carbonyl (C=O) groups excluding carboxylic acids is 1. The summed E-state index contributed by atoms with van der Waals surface area (Å²) in [5, 5.41) is 10.9. The summed E-state index contributed by atoms with van der Waals surface area (Å²) in [6.45, 7) is 0.742. The zero-order chi connectivity index (χ0) is 21.0. The zero-order valence-electron chi connectivity index (χ0n) is 17.8. The van der Waals surface area contributed by atoms with E-state index in [0.717, 1.165) is 55.4 Å². The quantitative estimate of drug-likeness (QED) is 0.748. The van der Waals surface area contributed by atoms with Crippen LogP contribution in [0.25, 0.3) is 11.4 Å². The first-order chi connectivity index (χ1) is 15.1. The molecule has 7 rings (SSSR count). The van der Waals surface area contributed by atoms with E-state index < -0.39 is 0 Å². The van der Waals surface area contributed by atoms with E-state index >= 15 is 0 Å². The number of rotatable bonds is 6. The molecule has 5 aliphatic rings. The van der Waals surface area contributed by atoms with Gasteiger partial charge in [-0.3, -0.25) is 9.55 Å². The van der Waals surface area contributed by atoms with Gasteiger partial charge in [-0.1, -0.05) is 0 Å². The van der Waals surface area contributed by atoms with Gasteiger partial charge in [-0.2, -0.15) is 0 Å². The number of amides is 2. The number of hydrogen-bond acceptors (Lipinski definition) is 4. The molecule has 2 heterocycles. The Labute approximate surface area is 181 Å². The lowest BCUT2D eigenvalue weighted by Crippen LogP contribution is -2.61. The first kappa shape index (κ1) is 19.1. The molecule has 2 aromatic heterocycles. The molecule has 8 heteroatoms. The third kappa shape index (κ3) is 3.55. The van der Waals surface area contributed by atoms with Crippen LogP contribution in [0.5, 0.6) is 0 Å². The maximum Gasteiger partial charge on any atom is 0.346 e. The second-order valence-electron chi connectivity index (χ2n) is 10.3. The highest BCUT2D eigenvalue weighted by molar-refractivity contribution is 5.74. The van der Waals surface area contributed by atoms with Crippen LogP contribution in [-0.4, -0.2) is 37.4 Å². The molecule has 2 amide bonds. The SMILES string of the molecule is O=C(NCCn1nc(-c2cccnc2)n(C2CC2)c1=O)NC12CC3CC(CC(C3)C1)C2. The van der Waals surface area contributed by atoms with Crippen LogP contribution in [0.1, 0.15) is 57.4 Å². The summed E-state index contributed by atoms with van der Waals surface area (Å²) in [6, 6.07) is 3.90. The second kappa shape index (κ2) is 7.21. The van der Waals surface area contributed by atoms with Crippen molar-refractivity contribution in [3.05, 3.63) is 35.0 Å². The first-order valence-electron chi connectivity index (χ1n) is 11.7. The molecule has 2 N–H and O–H groups in total.